The maximum atomic E-state index is 11.5. The summed E-state index contributed by atoms with van der Waals surface area (Å²) in [5, 5.41) is 11.9. The highest BCUT2D eigenvalue weighted by Gasteiger charge is 2.20. The van der Waals surface area contributed by atoms with E-state index in [9.17, 15) is 10.1 Å². The molecule has 1 heterocycles. The number of rotatable bonds is 4. The molecule has 5 nitrogen and oxygen atoms in total. The molecular formula is C14H18N4O. The number of nitrogens with zero attached hydrogens (tertiary/aromatic N) is 3. The van der Waals surface area contributed by atoms with Gasteiger partial charge in [0.05, 0.1) is 12.1 Å². The second kappa shape index (κ2) is 5.70. The van der Waals surface area contributed by atoms with Crippen molar-refractivity contribution in [1.29, 1.82) is 5.26 Å². The van der Waals surface area contributed by atoms with Crippen LogP contribution >= 0.6 is 0 Å². The topological polar surface area (TPSA) is 69.0 Å². The van der Waals surface area contributed by atoms with E-state index in [0.29, 0.717) is 17.9 Å². The summed E-state index contributed by atoms with van der Waals surface area (Å²) in [5.41, 5.74) is 2.81. The van der Waals surface area contributed by atoms with Crippen molar-refractivity contribution in [2.45, 2.75) is 26.2 Å². The van der Waals surface area contributed by atoms with Gasteiger partial charge in [-0.25, -0.2) is 4.98 Å². The first kappa shape index (κ1) is 13.3. The summed E-state index contributed by atoms with van der Waals surface area (Å²) in [6.07, 6.45) is 3.06. The van der Waals surface area contributed by atoms with Crippen molar-refractivity contribution in [1.82, 2.24) is 10.3 Å². The number of carbonyl (C=O) groups excluding carboxylic acids is 1. The normalized spacial score (nSPS) is 12.7. The predicted octanol–water partition coefficient (Wildman–Crippen LogP) is 1.01. The van der Waals surface area contributed by atoms with Gasteiger partial charge >= 0.3 is 0 Å². The van der Waals surface area contributed by atoms with Crippen molar-refractivity contribution in [2.75, 3.05) is 25.0 Å². The highest BCUT2D eigenvalue weighted by molar-refractivity contribution is 5.81. The van der Waals surface area contributed by atoms with Crippen LogP contribution in [-0.2, 0) is 17.6 Å². The quantitative estimate of drug-likeness (QED) is 0.875. The summed E-state index contributed by atoms with van der Waals surface area (Å²) in [7, 11) is 1.61. The Kier molecular flexibility index (Phi) is 4.00. The number of likely N-dealkylation sites (N-methyl/N-ethyl adjacent to an activating group) is 2. The van der Waals surface area contributed by atoms with Crippen LogP contribution < -0.4 is 10.2 Å². The van der Waals surface area contributed by atoms with Crippen molar-refractivity contribution < 1.29 is 4.79 Å². The molecule has 1 aromatic heterocycles. The number of carbonyl (C=O) groups is 1. The molecule has 0 spiro atoms. The van der Waals surface area contributed by atoms with E-state index < -0.39 is 0 Å². The summed E-state index contributed by atoms with van der Waals surface area (Å²) >= 11 is 0. The van der Waals surface area contributed by atoms with E-state index >= 15 is 0 Å². The zero-order valence-corrected chi connectivity index (χ0v) is 11.4. The van der Waals surface area contributed by atoms with Gasteiger partial charge in [0.25, 0.3) is 0 Å². The molecule has 1 aliphatic rings. The fraction of sp³-hybridized carbons (Fsp3) is 0.500. The molecule has 0 aromatic carbocycles. The first-order chi connectivity index (χ1) is 9.19. The smallest absolute Gasteiger partial charge is 0.239 e. The molecule has 0 aliphatic heterocycles. The van der Waals surface area contributed by atoms with Gasteiger partial charge < -0.3 is 10.2 Å². The van der Waals surface area contributed by atoms with Crippen LogP contribution in [0.25, 0.3) is 0 Å². The van der Waals surface area contributed by atoms with Gasteiger partial charge in [-0.3, -0.25) is 4.79 Å². The van der Waals surface area contributed by atoms with Gasteiger partial charge in [0.2, 0.25) is 5.91 Å². The number of fused-ring (bicyclic) bond motifs is 1. The molecule has 0 bridgehead atoms. The van der Waals surface area contributed by atoms with E-state index in [0.717, 1.165) is 25.0 Å². The Morgan fingerprint density at radius 2 is 2.37 bits per heavy atom. The van der Waals surface area contributed by atoms with Gasteiger partial charge in [-0.1, -0.05) is 0 Å². The SMILES string of the molecule is CCN(CC(=O)NC)c1nc2c(cc1C#N)CCC2. The fourth-order valence-corrected chi connectivity index (χ4v) is 2.37. The first-order valence-corrected chi connectivity index (χ1v) is 6.58. The van der Waals surface area contributed by atoms with Crippen molar-refractivity contribution in [3.05, 3.63) is 22.9 Å². The summed E-state index contributed by atoms with van der Waals surface area (Å²) in [5.74, 6) is 0.558. The van der Waals surface area contributed by atoms with Crippen molar-refractivity contribution in [3.8, 4) is 6.07 Å². The average molecular weight is 258 g/mol. The number of amides is 1. The maximum Gasteiger partial charge on any atom is 0.239 e. The van der Waals surface area contributed by atoms with E-state index in [1.165, 1.54) is 5.56 Å². The number of nitriles is 1. The number of hydrogen-bond donors (Lipinski definition) is 1. The van der Waals surface area contributed by atoms with Gasteiger partial charge in [-0.05, 0) is 37.8 Å². The third kappa shape index (κ3) is 2.68. The third-order valence-electron chi connectivity index (χ3n) is 3.45. The van der Waals surface area contributed by atoms with E-state index in [1.807, 2.05) is 17.9 Å². The second-order valence-electron chi connectivity index (χ2n) is 4.62. The third-order valence-corrected chi connectivity index (χ3v) is 3.45. The minimum Gasteiger partial charge on any atom is -0.358 e. The Hall–Kier alpha value is -2.09. The lowest BCUT2D eigenvalue weighted by atomic mass is 10.1. The standard InChI is InChI=1S/C14H18N4O/c1-3-18(9-13(19)16-2)14-11(8-15)7-10-5-4-6-12(10)17-14/h7H,3-6,9H2,1-2H3,(H,16,19). The monoisotopic (exact) mass is 258 g/mol. The summed E-state index contributed by atoms with van der Waals surface area (Å²) in [6.45, 7) is 2.83. The molecule has 2 rings (SSSR count). The number of anilines is 1. The summed E-state index contributed by atoms with van der Waals surface area (Å²) in [6, 6.07) is 4.12. The van der Waals surface area contributed by atoms with Crippen LogP contribution in [0.2, 0.25) is 0 Å². The van der Waals surface area contributed by atoms with Crippen LogP contribution in [0.4, 0.5) is 5.82 Å². The Morgan fingerprint density at radius 3 is 3.00 bits per heavy atom. The van der Waals surface area contributed by atoms with Gasteiger partial charge in [0.1, 0.15) is 11.9 Å². The largest absolute Gasteiger partial charge is 0.358 e. The van der Waals surface area contributed by atoms with Gasteiger partial charge in [-0.15, -0.1) is 0 Å². The number of aryl methyl sites for hydroxylation is 2. The lowest BCUT2D eigenvalue weighted by Crippen LogP contribution is -2.36. The van der Waals surface area contributed by atoms with Crippen LogP contribution in [0.1, 0.15) is 30.2 Å². The van der Waals surface area contributed by atoms with Crippen molar-refractivity contribution >= 4 is 11.7 Å². The average Bonchev–Trinajstić information content (AvgIpc) is 2.90. The molecule has 1 aromatic rings. The predicted molar refractivity (Wildman–Crippen MR) is 72.9 cm³/mol. The van der Waals surface area contributed by atoms with E-state index in [1.54, 1.807) is 7.05 Å². The molecule has 1 amide bonds. The number of nitrogens with one attached hydrogen (secondary N) is 1. The molecule has 0 fully saturated rings. The highest BCUT2D eigenvalue weighted by atomic mass is 16.1. The van der Waals surface area contributed by atoms with E-state index in [-0.39, 0.29) is 12.5 Å². The molecule has 1 N–H and O–H groups in total. The minimum atomic E-state index is -0.0759. The molecule has 0 unspecified atom stereocenters. The van der Waals surface area contributed by atoms with E-state index in [2.05, 4.69) is 16.4 Å². The molecule has 5 heteroatoms. The molecule has 1 aliphatic carbocycles. The Labute approximate surface area is 113 Å². The molecule has 0 radical (unpaired) electrons. The lowest BCUT2D eigenvalue weighted by molar-refractivity contribution is -0.119. The maximum absolute atomic E-state index is 11.5. The Bertz CT molecular complexity index is 533. The molecule has 19 heavy (non-hydrogen) atoms. The molecular weight excluding hydrogens is 240 g/mol. The number of pyridine rings is 1. The zero-order chi connectivity index (χ0) is 13.8. The second-order valence-corrected chi connectivity index (χ2v) is 4.62. The number of hydrogen-bond acceptors (Lipinski definition) is 4. The summed E-state index contributed by atoms with van der Waals surface area (Å²) in [4.78, 5) is 18.0. The number of aromatic nitrogens is 1. The minimum absolute atomic E-state index is 0.0759. The molecule has 0 atom stereocenters. The van der Waals surface area contributed by atoms with Crippen LogP contribution in [0.15, 0.2) is 6.07 Å². The van der Waals surface area contributed by atoms with Crippen molar-refractivity contribution in [2.24, 2.45) is 0 Å². The van der Waals surface area contributed by atoms with Crippen LogP contribution in [0, 0.1) is 11.3 Å². The first-order valence-electron chi connectivity index (χ1n) is 6.58. The lowest BCUT2D eigenvalue weighted by Gasteiger charge is -2.22. The fourth-order valence-electron chi connectivity index (χ4n) is 2.37. The van der Waals surface area contributed by atoms with Crippen LogP contribution in [0.5, 0.6) is 0 Å². The van der Waals surface area contributed by atoms with Crippen LogP contribution in [0.3, 0.4) is 0 Å². The summed E-state index contributed by atoms with van der Waals surface area (Å²) < 4.78 is 0. The molecule has 0 saturated heterocycles. The van der Waals surface area contributed by atoms with Gasteiger partial charge in [0, 0.05) is 19.3 Å². The molecule has 0 saturated carbocycles. The van der Waals surface area contributed by atoms with E-state index in [4.69, 9.17) is 0 Å². The Morgan fingerprint density at radius 1 is 1.58 bits per heavy atom. The Balaban J connectivity index is 2.36. The zero-order valence-electron chi connectivity index (χ0n) is 11.4. The van der Waals surface area contributed by atoms with Crippen LogP contribution in [-0.4, -0.2) is 31.0 Å². The highest BCUT2D eigenvalue weighted by Crippen LogP contribution is 2.26. The van der Waals surface area contributed by atoms with Crippen molar-refractivity contribution in [3.63, 3.8) is 0 Å². The van der Waals surface area contributed by atoms with Gasteiger partial charge in [0.15, 0.2) is 0 Å². The van der Waals surface area contributed by atoms with Gasteiger partial charge in [-0.2, -0.15) is 5.26 Å². The molecule has 100 valence electrons.